The number of nitrogens with zero attached hydrogens (tertiary/aromatic N) is 1. The molecule has 0 amide bonds. The van der Waals surface area contributed by atoms with Crippen molar-refractivity contribution in [2.75, 3.05) is 6.54 Å². The van der Waals surface area contributed by atoms with Crippen LogP contribution >= 0.6 is 0 Å². The van der Waals surface area contributed by atoms with Crippen molar-refractivity contribution in [1.29, 1.82) is 0 Å². The smallest absolute Gasteiger partial charge is 0.0939 e. The van der Waals surface area contributed by atoms with E-state index in [0.717, 1.165) is 24.7 Å². The standard InChI is InChI=1S/C8H16N2/c1-2-3-7-4-5-10-8(9)6-7/h7H,2-6H2,1H3,(H2,9,10)/t7-/m0/s1. The van der Waals surface area contributed by atoms with E-state index >= 15 is 0 Å². The van der Waals surface area contributed by atoms with E-state index in [1.54, 1.807) is 0 Å². The SMILES string of the molecule is CCC[C@H]1CCN=C(N)C1. The first-order chi connectivity index (χ1) is 4.83. The molecular formula is C8H16N2. The van der Waals surface area contributed by atoms with Crippen molar-refractivity contribution in [1.82, 2.24) is 0 Å². The molecule has 1 heterocycles. The van der Waals surface area contributed by atoms with E-state index < -0.39 is 0 Å². The lowest BCUT2D eigenvalue weighted by molar-refractivity contribution is 0.451. The molecule has 0 aliphatic carbocycles. The van der Waals surface area contributed by atoms with Crippen LogP contribution in [-0.4, -0.2) is 12.4 Å². The van der Waals surface area contributed by atoms with Gasteiger partial charge >= 0.3 is 0 Å². The molecule has 0 aromatic heterocycles. The van der Waals surface area contributed by atoms with Crippen molar-refractivity contribution >= 4 is 5.84 Å². The maximum absolute atomic E-state index is 5.61. The summed E-state index contributed by atoms with van der Waals surface area (Å²) in [5.41, 5.74) is 5.61. The summed E-state index contributed by atoms with van der Waals surface area (Å²) in [6, 6.07) is 0. The summed E-state index contributed by atoms with van der Waals surface area (Å²) in [5, 5.41) is 0. The Labute approximate surface area is 62.5 Å². The van der Waals surface area contributed by atoms with Gasteiger partial charge in [0.05, 0.1) is 5.84 Å². The fourth-order valence-electron chi connectivity index (χ4n) is 1.51. The molecule has 0 aromatic rings. The molecule has 0 radical (unpaired) electrons. The minimum atomic E-state index is 0.822. The highest BCUT2D eigenvalue weighted by Gasteiger charge is 2.12. The molecule has 0 aromatic carbocycles. The van der Waals surface area contributed by atoms with Gasteiger partial charge in [0.25, 0.3) is 0 Å². The van der Waals surface area contributed by atoms with Crippen molar-refractivity contribution in [3.05, 3.63) is 0 Å². The van der Waals surface area contributed by atoms with Gasteiger partial charge in [0, 0.05) is 13.0 Å². The zero-order chi connectivity index (χ0) is 7.40. The Morgan fingerprint density at radius 2 is 2.50 bits per heavy atom. The first kappa shape index (κ1) is 7.58. The maximum Gasteiger partial charge on any atom is 0.0939 e. The molecule has 1 aliphatic rings. The molecule has 10 heavy (non-hydrogen) atoms. The number of aliphatic imine (C=N–C) groups is 1. The molecule has 1 atom stereocenters. The molecule has 0 unspecified atom stereocenters. The van der Waals surface area contributed by atoms with Crippen molar-refractivity contribution in [3.8, 4) is 0 Å². The van der Waals surface area contributed by atoms with Crippen molar-refractivity contribution in [3.63, 3.8) is 0 Å². The summed E-state index contributed by atoms with van der Waals surface area (Å²) in [6.07, 6.45) is 4.87. The van der Waals surface area contributed by atoms with Crippen LogP contribution in [0.15, 0.2) is 4.99 Å². The van der Waals surface area contributed by atoms with Gasteiger partial charge < -0.3 is 5.73 Å². The van der Waals surface area contributed by atoms with E-state index in [1.165, 1.54) is 19.3 Å². The average molecular weight is 140 g/mol. The summed E-state index contributed by atoms with van der Waals surface area (Å²) in [7, 11) is 0. The summed E-state index contributed by atoms with van der Waals surface area (Å²) in [4.78, 5) is 4.16. The maximum atomic E-state index is 5.61. The molecule has 2 N–H and O–H groups in total. The molecule has 2 heteroatoms. The second-order valence-corrected chi connectivity index (χ2v) is 3.02. The van der Waals surface area contributed by atoms with E-state index in [9.17, 15) is 0 Å². The molecule has 0 saturated heterocycles. The molecule has 2 nitrogen and oxygen atoms in total. The quantitative estimate of drug-likeness (QED) is 0.621. The van der Waals surface area contributed by atoms with E-state index in [2.05, 4.69) is 11.9 Å². The highest BCUT2D eigenvalue weighted by atomic mass is 14.9. The van der Waals surface area contributed by atoms with Gasteiger partial charge in [-0.1, -0.05) is 19.8 Å². The molecule has 1 rings (SSSR count). The van der Waals surface area contributed by atoms with Crippen LogP contribution in [0.25, 0.3) is 0 Å². The second-order valence-electron chi connectivity index (χ2n) is 3.02. The zero-order valence-corrected chi connectivity index (χ0v) is 6.64. The lowest BCUT2D eigenvalue weighted by Crippen LogP contribution is -2.22. The van der Waals surface area contributed by atoms with Gasteiger partial charge in [-0.3, -0.25) is 4.99 Å². The first-order valence-electron chi connectivity index (χ1n) is 4.11. The monoisotopic (exact) mass is 140 g/mol. The summed E-state index contributed by atoms with van der Waals surface area (Å²) in [6.45, 7) is 3.18. The Morgan fingerprint density at radius 3 is 3.10 bits per heavy atom. The fraction of sp³-hybridized carbons (Fsp3) is 0.875. The van der Waals surface area contributed by atoms with Crippen LogP contribution in [0.4, 0.5) is 0 Å². The van der Waals surface area contributed by atoms with Gasteiger partial charge in [0.2, 0.25) is 0 Å². The van der Waals surface area contributed by atoms with E-state index in [-0.39, 0.29) is 0 Å². The summed E-state index contributed by atoms with van der Waals surface area (Å²) in [5.74, 6) is 1.69. The van der Waals surface area contributed by atoms with Crippen LogP contribution in [0.3, 0.4) is 0 Å². The van der Waals surface area contributed by atoms with Crippen molar-refractivity contribution < 1.29 is 0 Å². The van der Waals surface area contributed by atoms with Crippen molar-refractivity contribution in [2.45, 2.75) is 32.6 Å². The molecule has 58 valence electrons. The lowest BCUT2D eigenvalue weighted by Gasteiger charge is -2.18. The van der Waals surface area contributed by atoms with Gasteiger partial charge in [-0.25, -0.2) is 0 Å². The highest BCUT2D eigenvalue weighted by Crippen LogP contribution is 2.18. The molecular weight excluding hydrogens is 124 g/mol. The third-order valence-electron chi connectivity index (χ3n) is 2.05. The van der Waals surface area contributed by atoms with Gasteiger partial charge in [-0.15, -0.1) is 0 Å². The number of nitrogens with two attached hydrogens (primary N) is 1. The number of rotatable bonds is 2. The lowest BCUT2D eigenvalue weighted by atomic mass is 9.94. The third-order valence-corrected chi connectivity index (χ3v) is 2.05. The summed E-state index contributed by atoms with van der Waals surface area (Å²) >= 11 is 0. The van der Waals surface area contributed by atoms with Gasteiger partial charge in [-0.05, 0) is 12.3 Å². The Morgan fingerprint density at radius 1 is 1.70 bits per heavy atom. The highest BCUT2D eigenvalue weighted by molar-refractivity contribution is 5.81. The fourth-order valence-corrected chi connectivity index (χ4v) is 1.51. The van der Waals surface area contributed by atoms with Gasteiger partial charge in [0.1, 0.15) is 0 Å². The van der Waals surface area contributed by atoms with Gasteiger partial charge in [-0.2, -0.15) is 0 Å². The van der Waals surface area contributed by atoms with Crippen LogP contribution in [-0.2, 0) is 0 Å². The molecule has 0 saturated carbocycles. The predicted molar refractivity (Wildman–Crippen MR) is 44.1 cm³/mol. The Bertz CT molecular complexity index is 129. The van der Waals surface area contributed by atoms with Gasteiger partial charge in [0.15, 0.2) is 0 Å². The minimum absolute atomic E-state index is 0.822. The normalized spacial score (nSPS) is 26.1. The van der Waals surface area contributed by atoms with Crippen LogP contribution in [0.1, 0.15) is 32.6 Å². The van der Waals surface area contributed by atoms with Crippen LogP contribution < -0.4 is 5.73 Å². The zero-order valence-electron chi connectivity index (χ0n) is 6.64. The van der Waals surface area contributed by atoms with Crippen LogP contribution in [0.2, 0.25) is 0 Å². The van der Waals surface area contributed by atoms with Crippen molar-refractivity contribution in [2.24, 2.45) is 16.6 Å². The van der Waals surface area contributed by atoms with Crippen LogP contribution in [0.5, 0.6) is 0 Å². The number of amidine groups is 1. The Balaban J connectivity index is 2.30. The molecule has 0 spiro atoms. The molecule has 1 aliphatic heterocycles. The number of hydrogen-bond donors (Lipinski definition) is 1. The third kappa shape index (κ3) is 2.01. The van der Waals surface area contributed by atoms with E-state index in [4.69, 9.17) is 5.73 Å². The number of hydrogen-bond acceptors (Lipinski definition) is 2. The Kier molecular flexibility index (Phi) is 2.72. The second kappa shape index (κ2) is 3.59. The molecule has 0 fully saturated rings. The Hall–Kier alpha value is -0.530. The molecule has 0 bridgehead atoms. The van der Waals surface area contributed by atoms with E-state index in [0.29, 0.717) is 0 Å². The average Bonchev–Trinajstić information content (AvgIpc) is 1.88. The predicted octanol–water partition coefficient (Wildman–Crippen LogP) is 1.55. The first-order valence-corrected chi connectivity index (χ1v) is 4.11. The minimum Gasteiger partial charge on any atom is -0.387 e. The largest absolute Gasteiger partial charge is 0.387 e. The van der Waals surface area contributed by atoms with E-state index in [1.807, 2.05) is 0 Å². The summed E-state index contributed by atoms with van der Waals surface area (Å²) < 4.78 is 0. The van der Waals surface area contributed by atoms with Crippen LogP contribution in [0, 0.1) is 5.92 Å². The topological polar surface area (TPSA) is 38.4 Å².